The lowest BCUT2D eigenvalue weighted by Gasteiger charge is -2.36. The highest BCUT2D eigenvalue weighted by Gasteiger charge is 2.33. The number of hydrogen-bond acceptors (Lipinski definition) is 3. The van der Waals surface area contributed by atoms with Crippen molar-refractivity contribution in [2.45, 2.75) is 51.5 Å². The molecule has 3 N–H and O–H groups in total. The number of nitrogens with two attached hydrogens (primary N) is 1. The van der Waals surface area contributed by atoms with Crippen molar-refractivity contribution in [3.63, 3.8) is 0 Å². The van der Waals surface area contributed by atoms with Gasteiger partial charge in [-0.15, -0.1) is 0 Å². The summed E-state index contributed by atoms with van der Waals surface area (Å²) in [6.45, 7) is 3.47. The van der Waals surface area contributed by atoms with Crippen LogP contribution in [-0.2, 0) is 9.59 Å². The molecule has 5 nitrogen and oxygen atoms in total. The Hall–Kier alpha value is -1.10. The van der Waals surface area contributed by atoms with Gasteiger partial charge in [-0.2, -0.15) is 0 Å². The molecule has 1 aliphatic heterocycles. The summed E-state index contributed by atoms with van der Waals surface area (Å²) in [6.07, 6.45) is 5.89. The highest BCUT2D eigenvalue weighted by molar-refractivity contribution is 5.81. The second-order valence-electron chi connectivity index (χ2n) is 6.69. The maximum atomic E-state index is 12.6. The molecule has 0 aromatic rings. The molecule has 3 unspecified atom stereocenters. The zero-order valence-electron chi connectivity index (χ0n) is 13.3. The minimum absolute atomic E-state index is 0.0629. The molecule has 2 amide bonds. The van der Waals surface area contributed by atoms with Crippen LogP contribution in [0, 0.1) is 17.8 Å². The summed E-state index contributed by atoms with van der Waals surface area (Å²) in [4.78, 5) is 26.2. The topological polar surface area (TPSA) is 75.4 Å². The summed E-state index contributed by atoms with van der Waals surface area (Å²) < 4.78 is 0. The van der Waals surface area contributed by atoms with Crippen LogP contribution < -0.4 is 11.1 Å². The van der Waals surface area contributed by atoms with E-state index in [4.69, 9.17) is 5.73 Å². The Morgan fingerprint density at radius 2 is 1.86 bits per heavy atom. The first-order valence-electron chi connectivity index (χ1n) is 8.29. The Balaban J connectivity index is 1.85. The van der Waals surface area contributed by atoms with Gasteiger partial charge >= 0.3 is 0 Å². The van der Waals surface area contributed by atoms with Crippen LogP contribution in [0.3, 0.4) is 0 Å². The Morgan fingerprint density at radius 3 is 2.43 bits per heavy atom. The van der Waals surface area contributed by atoms with Crippen LogP contribution in [0.2, 0.25) is 0 Å². The van der Waals surface area contributed by atoms with Gasteiger partial charge in [-0.1, -0.05) is 13.3 Å². The molecule has 2 rings (SSSR count). The van der Waals surface area contributed by atoms with Gasteiger partial charge in [0.1, 0.15) is 0 Å². The van der Waals surface area contributed by atoms with Gasteiger partial charge in [-0.3, -0.25) is 9.59 Å². The third-order valence-corrected chi connectivity index (χ3v) is 5.28. The van der Waals surface area contributed by atoms with Crippen molar-refractivity contribution in [1.82, 2.24) is 10.2 Å². The quantitative estimate of drug-likeness (QED) is 0.819. The van der Waals surface area contributed by atoms with Gasteiger partial charge in [0.25, 0.3) is 0 Å². The number of likely N-dealkylation sites (tertiary alicyclic amines) is 1. The van der Waals surface area contributed by atoms with E-state index in [9.17, 15) is 9.59 Å². The molecule has 2 fully saturated rings. The highest BCUT2D eigenvalue weighted by Crippen LogP contribution is 2.31. The summed E-state index contributed by atoms with van der Waals surface area (Å²) in [5, 5.41) is 2.70. The number of carbonyl (C=O) groups excluding carboxylic acids is 2. The fourth-order valence-corrected chi connectivity index (χ4v) is 3.78. The van der Waals surface area contributed by atoms with E-state index in [0.29, 0.717) is 19.0 Å². The number of nitrogens with zero attached hydrogens (tertiary/aromatic N) is 1. The fraction of sp³-hybridized carbons (Fsp3) is 0.875. The Morgan fingerprint density at radius 1 is 1.19 bits per heavy atom. The number of nitrogens with one attached hydrogen (secondary N) is 1. The molecule has 1 saturated heterocycles. The van der Waals surface area contributed by atoms with E-state index >= 15 is 0 Å². The van der Waals surface area contributed by atoms with Gasteiger partial charge in [0.05, 0.1) is 0 Å². The molecule has 1 saturated carbocycles. The molecule has 0 spiro atoms. The van der Waals surface area contributed by atoms with E-state index in [1.165, 1.54) is 0 Å². The van der Waals surface area contributed by atoms with Crippen molar-refractivity contribution in [3.05, 3.63) is 0 Å². The van der Waals surface area contributed by atoms with E-state index in [1.54, 1.807) is 7.05 Å². The number of rotatable bonds is 3. The summed E-state index contributed by atoms with van der Waals surface area (Å²) in [5.41, 5.74) is 6.04. The Bertz CT molecular complexity index is 378. The summed E-state index contributed by atoms with van der Waals surface area (Å²) >= 11 is 0. The second-order valence-corrected chi connectivity index (χ2v) is 6.69. The lowest BCUT2D eigenvalue weighted by Crippen LogP contribution is -2.46. The summed E-state index contributed by atoms with van der Waals surface area (Å²) in [5.74, 6) is 0.918. The average Bonchev–Trinajstić information content (AvgIpc) is 2.53. The van der Waals surface area contributed by atoms with Crippen LogP contribution in [0.15, 0.2) is 0 Å². The standard InChI is InChI=1S/C16H29N3O2/c1-11(13-4-3-5-14(17)10-13)16(21)19-8-6-12(7-9-19)15(20)18-2/h11-14H,3-10,17H2,1-2H3,(H,18,20). The lowest BCUT2D eigenvalue weighted by atomic mass is 9.78. The van der Waals surface area contributed by atoms with Crippen molar-refractivity contribution in [2.24, 2.45) is 23.5 Å². The summed E-state index contributed by atoms with van der Waals surface area (Å²) in [7, 11) is 1.67. The van der Waals surface area contributed by atoms with Gasteiger partial charge in [0.2, 0.25) is 11.8 Å². The Labute approximate surface area is 127 Å². The van der Waals surface area contributed by atoms with Gasteiger partial charge < -0.3 is 16.0 Å². The largest absolute Gasteiger partial charge is 0.359 e. The van der Waals surface area contributed by atoms with Crippen LogP contribution in [-0.4, -0.2) is 42.9 Å². The first kappa shape index (κ1) is 16.3. The normalized spacial score (nSPS) is 29.0. The third-order valence-electron chi connectivity index (χ3n) is 5.28. The number of carbonyl (C=O) groups is 2. The molecule has 0 aromatic heterocycles. The van der Waals surface area contributed by atoms with Crippen molar-refractivity contribution in [2.75, 3.05) is 20.1 Å². The van der Waals surface area contributed by atoms with E-state index in [0.717, 1.165) is 38.5 Å². The van der Waals surface area contributed by atoms with Crippen LogP contribution in [0.4, 0.5) is 0 Å². The maximum absolute atomic E-state index is 12.6. The average molecular weight is 295 g/mol. The number of amides is 2. The summed E-state index contributed by atoms with van der Waals surface area (Å²) in [6, 6.07) is 0.262. The van der Waals surface area contributed by atoms with Crippen molar-refractivity contribution in [1.29, 1.82) is 0 Å². The monoisotopic (exact) mass is 295 g/mol. The molecule has 2 aliphatic rings. The SMILES string of the molecule is CNC(=O)C1CCN(C(=O)C(C)C2CCCC(N)C2)CC1. The molecule has 1 aliphatic carbocycles. The zero-order chi connectivity index (χ0) is 15.4. The van der Waals surface area contributed by atoms with E-state index < -0.39 is 0 Å². The minimum atomic E-state index is 0.0629. The van der Waals surface area contributed by atoms with Gasteiger partial charge in [-0.05, 0) is 38.0 Å². The molecule has 0 aromatic carbocycles. The van der Waals surface area contributed by atoms with E-state index in [-0.39, 0.29) is 29.7 Å². The van der Waals surface area contributed by atoms with Crippen molar-refractivity contribution < 1.29 is 9.59 Å². The predicted octanol–water partition coefficient (Wildman–Crippen LogP) is 1.12. The first-order chi connectivity index (χ1) is 10.0. The number of hydrogen-bond donors (Lipinski definition) is 2. The van der Waals surface area contributed by atoms with Crippen LogP contribution in [0.1, 0.15) is 45.4 Å². The van der Waals surface area contributed by atoms with Crippen LogP contribution >= 0.6 is 0 Å². The van der Waals surface area contributed by atoms with E-state index in [2.05, 4.69) is 12.2 Å². The molecule has 5 heteroatoms. The minimum Gasteiger partial charge on any atom is -0.359 e. The smallest absolute Gasteiger partial charge is 0.225 e. The fourth-order valence-electron chi connectivity index (χ4n) is 3.78. The molecule has 120 valence electrons. The van der Waals surface area contributed by atoms with Crippen molar-refractivity contribution in [3.8, 4) is 0 Å². The molecule has 0 radical (unpaired) electrons. The zero-order valence-corrected chi connectivity index (χ0v) is 13.3. The van der Waals surface area contributed by atoms with Crippen molar-refractivity contribution >= 4 is 11.8 Å². The molecule has 3 atom stereocenters. The van der Waals surface area contributed by atoms with Gasteiger partial charge in [-0.25, -0.2) is 0 Å². The van der Waals surface area contributed by atoms with E-state index in [1.807, 2.05) is 4.90 Å². The molecular formula is C16H29N3O2. The molecular weight excluding hydrogens is 266 g/mol. The number of piperidine rings is 1. The maximum Gasteiger partial charge on any atom is 0.225 e. The van der Waals surface area contributed by atoms with Crippen LogP contribution in [0.5, 0.6) is 0 Å². The lowest BCUT2D eigenvalue weighted by molar-refractivity contribution is -0.140. The first-order valence-corrected chi connectivity index (χ1v) is 8.29. The van der Waals surface area contributed by atoms with Gasteiger partial charge in [0, 0.05) is 38.0 Å². The second kappa shape index (κ2) is 7.25. The van der Waals surface area contributed by atoms with Crippen LogP contribution in [0.25, 0.3) is 0 Å². The Kier molecular flexibility index (Phi) is 5.62. The highest BCUT2D eigenvalue weighted by atomic mass is 16.2. The van der Waals surface area contributed by atoms with Gasteiger partial charge in [0.15, 0.2) is 0 Å². The third kappa shape index (κ3) is 3.96. The molecule has 21 heavy (non-hydrogen) atoms. The predicted molar refractivity (Wildman–Crippen MR) is 82.5 cm³/mol. The molecule has 0 bridgehead atoms. The molecule has 1 heterocycles.